The predicted molar refractivity (Wildman–Crippen MR) is 153 cm³/mol. The lowest BCUT2D eigenvalue weighted by Gasteiger charge is -2.12. The molecule has 0 saturated carbocycles. The zero-order valence-corrected chi connectivity index (χ0v) is 23.0. The first-order valence-electron chi connectivity index (χ1n) is 12.5. The van der Waals surface area contributed by atoms with E-state index in [9.17, 15) is 13.2 Å². The smallest absolute Gasteiger partial charge is 0.405 e. The molecule has 0 unspecified atom stereocenters. The summed E-state index contributed by atoms with van der Waals surface area (Å²) in [5, 5.41) is 3.35. The SMILES string of the molecule is CC.CCCNCc1ccccc1.CN.Cc1cccc(C(N)=NCc2ccccc2OC(F)(F)F)c1N. The van der Waals surface area contributed by atoms with E-state index in [0.29, 0.717) is 11.3 Å². The fraction of sp³-hybridized carbons (Fsp3) is 0.345. The van der Waals surface area contributed by atoms with Crippen LogP contribution in [-0.4, -0.2) is 25.8 Å². The van der Waals surface area contributed by atoms with Crippen LogP contribution < -0.4 is 27.3 Å². The predicted octanol–water partition coefficient (Wildman–Crippen LogP) is 6.17. The molecule has 7 N–H and O–H groups in total. The molecule has 3 aromatic carbocycles. The van der Waals surface area contributed by atoms with Gasteiger partial charge in [-0.1, -0.05) is 81.4 Å². The van der Waals surface area contributed by atoms with Crippen molar-refractivity contribution in [3.8, 4) is 5.75 Å². The molecule has 0 heterocycles. The highest BCUT2D eigenvalue weighted by atomic mass is 19.4. The Morgan fingerprint density at radius 2 is 1.53 bits per heavy atom. The van der Waals surface area contributed by atoms with Gasteiger partial charge in [-0.2, -0.15) is 0 Å². The number of aliphatic imine (C=N–C) groups is 1. The Bertz CT molecular complexity index is 1060. The van der Waals surface area contributed by atoms with Crippen molar-refractivity contribution in [1.82, 2.24) is 5.32 Å². The van der Waals surface area contributed by atoms with Crippen LogP contribution in [0.3, 0.4) is 0 Å². The van der Waals surface area contributed by atoms with Crippen LogP contribution >= 0.6 is 0 Å². The normalized spacial score (nSPS) is 10.6. The summed E-state index contributed by atoms with van der Waals surface area (Å²) in [5.74, 6) is -0.137. The maximum Gasteiger partial charge on any atom is 0.573 e. The summed E-state index contributed by atoms with van der Waals surface area (Å²) in [5.41, 5.74) is 19.9. The molecule has 6 nitrogen and oxygen atoms in total. The molecule has 0 aliphatic carbocycles. The van der Waals surface area contributed by atoms with Crippen molar-refractivity contribution in [3.05, 3.63) is 95.1 Å². The Labute approximate surface area is 225 Å². The lowest BCUT2D eigenvalue weighted by atomic mass is 10.1. The van der Waals surface area contributed by atoms with E-state index in [1.807, 2.05) is 32.9 Å². The minimum Gasteiger partial charge on any atom is -0.405 e. The average molecular weight is 534 g/mol. The Kier molecular flexibility index (Phi) is 17.7. The van der Waals surface area contributed by atoms with Gasteiger partial charge in [0.2, 0.25) is 0 Å². The molecule has 0 aliphatic heterocycles. The molecule has 0 spiro atoms. The quantitative estimate of drug-likeness (QED) is 0.120. The van der Waals surface area contributed by atoms with Gasteiger partial charge >= 0.3 is 6.36 Å². The Morgan fingerprint density at radius 1 is 0.921 bits per heavy atom. The van der Waals surface area contributed by atoms with E-state index in [0.717, 1.165) is 18.7 Å². The van der Waals surface area contributed by atoms with E-state index in [2.05, 4.69) is 52.0 Å². The summed E-state index contributed by atoms with van der Waals surface area (Å²) in [6.45, 7) is 10.1. The minimum atomic E-state index is -4.76. The van der Waals surface area contributed by atoms with Gasteiger partial charge in [0.15, 0.2) is 0 Å². The molecule has 38 heavy (non-hydrogen) atoms. The van der Waals surface area contributed by atoms with E-state index in [1.165, 1.54) is 37.2 Å². The number of nitrogen functional groups attached to an aromatic ring is 1. The Balaban J connectivity index is 0.000000763. The van der Waals surface area contributed by atoms with Crippen LogP contribution in [0.5, 0.6) is 5.75 Å². The number of nitrogens with zero attached hydrogens (tertiary/aromatic N) is 1. The van der Waals surface area contributed by atoms with Gasteiger partial charge in [-0.25, -0.2) is 0 Å². The summed E-state index contributed by atoms with van der Waals surface area (Å²) in [7, 11) is 1.50. The molecule has 0 fully saturated rings. The second-order valence-electron chi connectivity index (χ2n) is 7.56. The monoisotopic (exact) mass is 533 g/mol. The highest BCUT2D eigenvalue weighted by Crippen LogP contribution is 2.27. The molecule has 3 aromatic rings. The summed E-state index contributed by atoms with van der Waals surface area (Å²) in [6.07, 6.45) is -3.56. The molecule has 0 bridgehead atoms. The number of aryl methyl sites for hydroxylation is 1. The van der Waals surface area contributed by atoms with Gasteiger partial charge in [-0.3, -0.25) is 4.99 Å². The molecular weight excluding hydrogens is 491 g/mol. The first-order valence-corrected chi connectivity index (χ1v) is 12.5. The van der Waals surface area contributed by atoms with Crippen LogP contribution in [0.15, 0.2) is 77.8 Å². The van der Waals surface area contributed by atoms with E-state index in [1.54, 1.807) is 18.2 Å². The number of halogens is 3. The number of rotatable bonds is 8. The van der Waals surface area contributed by atoms with Crippen LogP contribution in [0.4, 0.5) is 18.9 Å². The van der Waals surface area contributed by atoms with Crippen molar-refractivity contribution < 1.29 is 17.9 Å². The number of nitrogens with two attached hydrogens (primary N) is 3. The van der Waals surface area contributed by atoms with Gasteiger partial charge in [0.05, 0.1) is 6.54 Å². The van der Waals surface area contributed by atoms with E-state index in [-0.39, 0.29) is 23.7 Å². The van der Waals surface area contributed by atoms with E-state index in [4.69, 9.17) is 11.5 Å². The largest absolute Gasteiger partial charge is 0.573 e. The minimum absolute atomic E-state index is 0.0501. The van der Waals surface area contributed by atoms with Crippen LogP contribution in [0.2, 0.25) is 0 Å². The molecule has 3 rings (SSSR count). The van der Waals surface area contributed by atoms with Crippen LogP contribution in [0.25, 0.3) is 0 Å². The molecular formula is C29H42F3N5O. The number of para-hydroxylation sites is 2. The van der Waals surface area contributed by atoms with Gasteiger partial charge in [-0.05, 0) is 50.2 Å². The standard InChI is InChI=1S/C16H16F3N3O.C10H15N.C2H6.CH5N/c1-10-5-4-7-12(14(10)20)15(21)22-9-11-6-2-3-8-13(11)23-16(17,18)19;1-2-8-11-9-10-6-4-3-5-7-10;2*1-2/h2-8H,9,20H2,1H3,(H2,21,22);3-7,11H,2,8-9H2,1H3;1-2H3;2H2,1H3. The van der Waals surface area contributed by atoms with Crippen LogP contribution in [-0.2, 0) is 13.1 Å². The van der Waals surface area contributed by atoms with Gasteiger partial charge in [0, 0.05) is 23.4 Å². The third kappa shape index (κ3) is 13.7. The maximum atomic E-state index is 12.4. The average Bonchev–Trinajstić information content (AvgIpc) is 2.92. The maximum absolute atomic E-state index is 12.4. The third-order valence-electron chi connectivity index (χ3n) is 4.82. The third-order valence-corrected chi connectivity index (χ3v) is 4.82. The fourth-order valence-electron chi connectivity index (χ4n) is 3.02. The lowest BCUT2D eigenvalue weighted by molar-refractivity contribution is -0.274. The van der Waals surface area contributed by atoms with Gasteiger partial charge < -0.3 is 27.3 Å². The fourth-order valence-corrected chi connectivity index (χ4v) is 3.02. The molecule has 0 aromatic heterocycles. The van der Waals surface area contributed by atoms with Crippen molar-refractivity contribution in [2.75, 3.05) is 19.3 Å². The summed E-state index contributed by atoms with van der Waals surface area (Å²) >= 11 is 0. The van der Waals surface area contributed by atoms with E-state index < -0.39 is 6.36 Å². The topological polar surface area (TPSA) is 112 Å². The lowest BCUT2D eigenvalue weighted by Crippen LogP contribution is -2.18. The number of hydrogen-bond acceptors (Lipinski definition) is 5. The summed E-state index contributed by atoms with van der Waals surface area (Å²) in [4.78, 5) is 4.12. The van der Waals surface area contributed by atoms with Crippen molar-refractivity contribution in [2.45, 2.75) is 53.6 Å². The second-order valence-corrected chi connectivity index (χ2v) is 7.56. The van der Waals surface area contributed by atoms with Gasteiger partial charge in [0.25, 0.3) is 0 Å². The summed E-state index contributed by atoms with van der Waals surface area (Å²) < 4.78 is 41.1. The van der Waals surface area contributed by atoms with Crippen molar-refractivity contribution in [1.29, 1.82) is 0 Å². The molecule has 0 radical (unpaired) electrons. The number of ether oxygens (including phenoxy) is 1. The van der Waals surface area contributed by atoms with Crippen LogP contribution in [0.1, 0.15) is 49.4 Å². The number of alkyl halides is 3. The van der Waals surface area contributed by atoms with Crippen molar-refractivity contribution in [2.24, 2.45) is 16.5 Å². The number of benzene rings is 3. The number of nitrogens with one attached hydrogen (secondary N) is 1. The molecule has 0 amide bonds. The number of anilines is 1. The highest BCUT2D eigenvalue weighted by molar-refractivity contribution is 6.02. The Morgan fingerprint density at radius 3 is 2.13 bits per heavy atom. The number of amidine groups is 1. The molecule has 0 saturated heterocycles. The van der Waals surface area contributed by atoms with E-state index >= 15 is 0 Å². The van der Waals surface area contributed by atoms with Gasteiger partial charge in [0.1, 0.15) is 11.6 Å². The molecule has 9 heteroatoms. The van der Waals surface area contributed by atoms with Crippen molar-refractivity contribution in [3.63, 3.8) is 0 Å². The van der Waals surface area contributed by atoms with Crippen LogP contribution in [0, 0.1) is 6.92 Å². The van der Waals surface area contributed by atoms with Gasteiger partial charge in [-0.15, -0.1) is 13.2 Å². The zero-order valence-electron chi connectivity index (χ0n) is 23.0. The molecule has 210 valence electrons. The molecule has 0 atom stereocenters. The summed E-state index contributed by atoms with van der Waals surface area (Å²) in [6, 6.07) is 21.6. The molecule has 0 aliphatic rings. The zero-order chi connectivity index (χ0) is 29.0. The first kappa shape index (κ1) is 34.4. The first-order chi connectivity index (χ1) is 18.2. The second kappa shape index (κ2) is 19.5. The highest BCUT2D eigenvalue weighted by Gasteiger charge is 2.31. The number of hydrogen-bond donors (Lipinski definition) is 4. The van der Waals surface area contributed by atoms with Crippen molar-refractivity contribution >= 4 is 11.5 Å². The Hall–Kier alpha value is -3.56.